The first-order chi connectivity index (χ1) is 13.6. The standard InChI is InChI=1S/C22H24N2O4/c1-28-17-9-7-16(8-10-17)14-24-20-19(25)12-11-18(21(24)26)23(22(20)27)13-15-5-3-2-4-6-15/h2-10,18-20,25H,11-14H2,1H3/t18-,19-,20-/m0/s1. The Bertz CT molecular complexity index is 853. The zero-order chi connectivity index (χ0) is 19.7. The first-order valence-electron chi connectivity index (χ1n) is 9.54. The van der Waals surface area contributed by atoms with Crippen molar-refractivity contribution in [3.63, 3.8) is 0 Å². The summed E-state index contributed by atoms with van der Waals surface area (Å²) in [6.07, 6.45) is 0.0752. The molecule has 0 aromatic heterocycles. The van der Waals surface area contributed by atoms with Crippen LogP contribution in [-0.2, 0) is 22.7 Å². The molecule has 28 heavy (non-hydrogen) atoms. The molecule has 0 spiro atoms. The Morgan fingerprint density at radius 3 is 2.21 bits per heavy atom. The van der Waals surface area contributed by atoms with Gasteiger partial charge in [0.1, 0.15) is 17.8 Å². The normalized spacial score (nSPS) is 24.4. The minimum atomic E-state index is -0.847. The molecule has 1 N–H and O–H groups in total. The van der Waals surface area contributed by atoms with Crippen LogP contribution in [0.1, 0.15) is 24.0 Å². The van der Waals surface area contributed by atoms with Crippen molar-refractivity contribution in [1.29, 1.82) is 0 Å². The summed E-state index contributed by atoms with van der Waals surface area (Å²) in [6.45, 7) is 0.682. The van der Waals surface area contributed by atoms with E-state index in [0.29, 0.717) is 25.9 Å². The van der Waals surface area contributed by atoms with E-state index in [1.807, 2.05) is 54.6 Å². The first-order valence-corrected chi connectivity index (χ1v) is 9.54. The number of methoxy groups -OCH3 is 1. The number of aliphatic hydroxyl groups excluding tert-OH is 1. The largest absolute Gasteiger partial charge is 0.497 e. The van der Waals surface area contributed by atoms with E-state index < -0.39 is 18.2 Å². The average molecular weight is 380 g/mol. The molecule has 146 valence electrons. The van der Waals surface area contributed by atoms with Crippen molar-refractivity contribution in [3.8, 4) is 5.75 Å². The maximum absolute atomic E-state index is 13.2. The van der Waals surface area contributed by atoms with Gasteiger partial charge in [0.2, 0.25) is 11.8 Å². The lowest BCUT2D eigenvalue weighted by Gasteiger charge is -2.43. The van der Waals surface area contributed by atoms with Gasteiger partial charge in [0, 0.05) is 13.1 Å². The third-order valence-electron chi connectivity index (χ3n) is 5.62. The summed E-state index contributed by atoms with van der Waals surface area (Å²) in [5, 5.41) is 10.6. The van der Waals surface area contributed by atoms with Crippen LogP contribution >= 0.6 is 0 Å². The molecule has 0 unspecified atom stereocenters. The zero-order valence-electron chi connectivity index (χ0n) is 15.8. The van der Waals surface area contributed by atoms with Crippen LogP contribution in [0.4, 0.5) is 0 Å². The fourth-order valence-corrected chi connectivity index (χ4v) is 4.13. The van der Waals surface area contributed by atoms with Crippen molar-refractivity contribution in [3.05, 3.63) is 65.7 Å². The minimum absolute atomic E-state index is 0.0899. The molecule has 2 bridgehead atoms. The molecule has 6 nitrogen and oxygen atoms in total. The Morgan fingerprint density at radius 2 is 1.54 bits per heavy atom. The highest BCUT2D eigenvalue weighted by Crippen LogP contribution is 2.32. The average Bonchev–Trinajstić information content (AvgIpc) is 2.91. The van der Waals surface area contributed by atoms with Gasteiger partial charge in [-0.3, -0.25) is 9.59 Å². The van der Waals surface area contributed by atoms with E-state index in [0.717, 1.165) is 16.9 Å². The number of piperazine rings is 1. The van der Waals surface area contributed by atoms with Gasteiger partial charge in [-0.1, -0.05) is 42.5 Å². The lowest BCUT2D eigenvalue weighted by atomic mass is 10.0. The number of ether oxygens (including phenoxy) is 1. The summed E-state index contributed by atoms with van der Waals surface area (Å²) in [7, 11) is 1.60. The molecular weight excluding hydrogens is 356 g/mol. The van der Waals surface area contributed by atoms with Gasteiger partial charge in [-0.25, -0.2) is 0 Å². The molecule has 2 aromatic rings. The minimum Gasteiger partial charge on any atom is -0.497 e. The second-order valence-corrected chi connectivity index (χ2v) is 7.37. The number of carbonyl (C=O) groups excluding carboxylic acids is 2. The first kappa shape index (κ1) is 18.5. The third-order valence-corrected chi connectivity index (χ3v) is 5.62. The maximum Gasteiger partial charge on any atom is 0.249 e. The fraction of sp³-hybridized carbons (Fsp3) is 0.364. The lowest BCUT2D eigenvalue weighted by Crippen LogP contribution is -2.64. The highest BCUT2D eigenvalue weighted by atomic mass is 16.5. The molecule has 2 aromatic carbocycles. The molecule has 6 heteroatoms. The number of benzene rings is 2. The molecule has 3 aliphatic rings. The van der Waals surface area contributed by atoms with Crippen LogP contribution in [-0.4, -0.2) is 52.0 Å². The van der Waals surface area contributed by atoms with Crippen molar-refractivity contribution in [1.82, 2.24) is 9.80 Å². The summed E-state index contributed by atoms with van der Waals surface area (Å²) in [4.78, 5) is 29.6. The van der Waals surface area contributed by atoms with Gasteiger partial charge in [-0.05, 0) is 36.1 Å². The van der Waals surface area contributed by atoms with E-state index in [1.165, 1.54) is 0 Å². The molecule has 3 heterocycles. The van der Waals surface area contributed by atoms with Crippen LogP contribution in [0.3, 0.4) is 0 Å². The molecule has 0 saturated carbocycles. The predicted octanol–water partition coefficient (Wildman–Crippen LogP) is 1.96. The van der Waals surface area contributed by atoms with Crippen molar-refractivity contribution in [2.24, 2.45) is 0 Å². The number of nitrogens with zero attached hydrogens (tertiary/aromatic N) is 2. The van der Waals surface area contributed by atoms with E-state index in [4.69, 9.17) is 4.74 Å². The molecule has 3 atom stereocenters. The van der Waals surface area contributed by atoms with Gasteiger partial charge in [0.05, 0.1) is 13.2 Å². The number of hydrogen-bond donors (Lipinski definition) is 1. The van der Waals surface area contributed by atoms with E-state index in [9.17, 15) is 14.7 Å². The Morgan fingerprint density at radius 1 is 0.893 bits per heavy atom. The Labute approximate surface area is 164 Å². The number of carbonyl (C=O) groups is 2. The van der Waals surface area contributed by atoms with Crippen molar-refractivity contribution >= 4 is 11.8 Å². The summed E-state index contributed by atoms with van der Waals surface area (Å²) < 4.78 is 5.17. The van der Waals surface area contributed by atoms with Gasteiger partial charge in [-0.2, -0.15) is 0 Å². The third kappa shape index (κ3) is 3.36. The summed E-state index contributed by atoms with van der Waals surface area (Å²) in [5.74, 6) is 0.470. The predicted molar refractivity (Wildman–Crippen MR) is 103 cm³/mol. The molecule has 3 aliphatic heterocycles. The SMILES string of the molecule is COc1ccc(CN2C(=O)[C@@H]3CC[C@H](O)[C@H]2C(=O)N3Cc2ccccc2)cc1. The molecular formula is C22H24N2O4. The number of rotatable bonds is 5. The quantitative estimate of drug-likeness (QED) is 0.861. The maximum atomic E-state index is 13.2. The van der Waals surface area contributed by atoms with Crippen LogP contribution in [0.5, 0.6) is 5.75 Å². The molecule has 2 amide bonds. The van der Waals surface area contributed by atoms with E-state index >= 15 is 0 Å². The highest BCUT2D eigenvalue weighted by Gasteiger charge is 2.51. The second-order valence-electron chi connectivity index (χ2n) is 7.37. The molecule has 5 rings (SSSR count). The van der Waals surface area contributed by atoms with E-state index in [1.54, 1.807) is 16.9 Å². The number of amides is 2. The van der Waals surface area contributed by atoms with Gasteiger partial charge < -0.3 is 19.6 Å². The fourth-order valence-electron chi connectivity index (χ4n) is 4.13. The zero-order valence-corrected chi connectivity index (χ0v) is 15.8. The Balaban J connectivity index is 1.60. The smallest absolute Gasteiger partial charge is 0.249 e. The molecule has 3 saturated heterocycles. The Hall–Kier alpha value is -2.86. The van der Waals surface area contributed by atoms with Gasteiger partial charge in [0.15, 0.2) is 0 Å². The second kappa shape index (κ2) is 7.64. The van der Waals surface area contributed by atoms with Crippen molar-refractivity contribution in [2.75, 3.05) is 7.11 Å². The topological polar surface area (TPSA) is 70.1 Å². The monoisotopic (exact) mass is 380 g/mol. The van der Waals surface area contributed by atoms with E-state index in [-0.39, 0.29) is 11.8 Å². The number of fused-ring (bicyclic) bond motifs is 4. The molecule has 3 fully saturated rings. The Kier molecular flexibility index (Phi) is 5.05. The summed E-state index contributed by atoms with van der Waals surface area (Å²) in [5.41, 5.74) is 1.88. The van der Waals surface area contributed by atoms with Gasteiger partial charge in [-0.15, -0.1) is 0 Å². The van der Waals surface area contributed by atoms with Crippen LogP contribution < -0.4 is 4.74 Å². The molecule has 0 radical (unpaired) electrons. The van der Waals surface area contributed by atoms with Gasteiger partial charge in [0.25, 0.3) is 0 Å². The highest BCUT2D eigenvalue weighted by molar-refractivity contribution is 5.98. The number of hydrogen-bond acceptors (Lipinski definition) is 4. The van der Waals surface area contributed by atoms with Crippen molar-refractivity contribution < 1.29 is 19.4 Å². The summed E-state index contributed by atoms with van der Waals surface area (Å²) >= 11 is 0. The van der Waals surface area contributed by atoms with Crippen LogP contribution in [0.25, 0.3) is 0 Å². The summed E-state index contributed by atoms with van der Waals surface area (Å²) in [6, 6.07) is 15.7. The molecule has 0 aliphatic carbocycles. The van der Waals surface area contributed by atoms with Crippen LogP contribution in [0.15, 0.2) is 54.6 Å². The lowest BCUT2D eigenvalue weighted by molar-refractivity contribution is -0.164. The van der Waals surface area contributed by atoms with E-state index in [2.05, 4.69) is 0 Å². The van der Waals surface area contributed by atoms with Crippen LogP contribution in [0.2, 0.25) is 0 Å². The van der Waals surface area contributed by atoms with Gasteiger partial charge >= 0.3 is 0 Å². The van der Waals surface area contributed by atoms with Crippen molar-refractivity contribution in [2.45, 2.75) is 44.1 Å². The van der Waals surface area contributed by atoms with Crippen LogP contribution in [0, 0.1) is 0 Å². The number of aliphatic hydroxyl groups is 1.